The van der Waals surface area contributed by atoms with Crippen molar-refractivity contribution in [2.24, 2.45) is 0 Å². The van der Waals surface area contributed by atoms with E-state index in [1.54, 1.807) is 24.4 Å². The highest BCUT2D eigenvalue weighted by atomic mass is 16.5. The van der Waals surface area contributed by atoms with Gasteiger partial charge in [-0.05, 0) is 30.2 Å². The molecule has 92 valence electrons. The van der Waals surface area contributed by atoms with Gasteiger partial charge in [-0.25, -0.2) is 0 Å². The summed E-state index contributed by atoms with van der Waals surface area (Å²) in [5.41, 5.74) is 2.19. The van der Waals surface area contributed by atoms with Gasteiger partial charge < -0.3 is 19.9 Å². The summed E-state index contributed by atoms with van der Waals surface area (Å²) in [6, 6.07) is 7.10. The third-order valence-corrected chi connectivity index (χ3v) is 2.88. The van der Waals surface area contributed by atoms with Crippen molar-refractivity contribution >= 4 is 16.8 Å². The first-order valence-electron chi connectivity index (χ1n) is 5.76. The van der Waals surface area contributed by atoms with Crippen molar-refractivity contribution in [1.82, 2.24) is 10.1 Å². The fourth-order valence-corrected chi connectivity index (χ4v) is 2.00. The van der Waals surface area contributed by atoms with E-state index >= 15 is 0 Å². The van der Waals surface area contributed by atoms with Gasteiger partial charge in [-0.2, -0.15) is 0 Å². The van der Waals surface area contributed by atoms with Gasteiger partial charge in [0.05, 0.1) is 6.20 Å². The van der Waals surface area contributed by atoms with Crippen molar-refractivity contribution in [2.75, 3.05) is 11.9 Å². The molecular weight excluding hydrogens is 230 g/mol. The second-order valence-corrected chi connectivity index (χ2v) is 4.10. The van der Waals surface area contributed by atoms with E-state index in [1.165, 1.54) is 0 Å². The summed E-state index contributed by atoms with van der Waals surface area (Å²) < 4.78 is 4.95. The fourth-order valence-electron chi connectivity index (χ4n) is 2.00. The van der Waals surface area contributed by atoms with Gasteiger partial charge in [0, 0.05) is 29.7 Å². The Morgan fingerprint density at radius 1 is 1.33 bits per heavy atom. The number of anilines is 1. The molecule has 0 fully saturated rings. The number of H-pyrrole nitrogens is 1. The second-order valence-electron chi connectivity index (χ2n) is 4.10. The van der Waals surface area contributed by atoms with Gasteiger partial charge >= 0.3 is 0 Å². The van der Waals surface area contributed by atoms with E-state index < -0.39 is 0 Å². The molecule has 0 saturated heterocycles. The van der Waals surface area contributed by atoms with E-state index in [-0.39, 0.29) is 5.75 Å². The van der Waals surface area contributed by atoms with Crippen LogP contribution in [-0.4, -0.2) is 21.8 Å². The molecule has 0 atom stereocenters. The Balaban J connectivity index is 1.72. The first-order chi connectivity index (χ1) is 8.83. The van der Waals surface area contributed by atoms with Crippen molar-refractivity contribution in [1.29, 1.82) is 0 Å². The van der Waals surface area contributed by atoms with Crippen LogP contribution >= 0.6 is 0 Å². The normalized spacial score (nSPS) is 10.9. The molecule has 0 amide bonds. The largest absolute Gasteiger partial charge is 0.508 e. The van der Waals surface area contributed by atoms with E-state index in [0.717, 1.165) is 29.4 Å². The highest BCUT2D eigenvalue weighted by molar-refractivity contribution is 5.84. The number of nitrogens with one attached hydrogen (secondary N) is 2. The van der Waals surface area contributed by atoms with Crippen LogP contribution in [0.3, 0.4) is 0 Å². The van der Waals surface area contributed by atoms with Crippen LogP contribution in [0.4, 0.5) is 5.88 Å². The minimum absolute atomic E-state index is 0.284. The number of hydrogen-bond acceptors (Lipinski definition) is 4. The van der Waals surface area contributed by atoms with E-state index in [2.05, 4.69) is 15.5 Å². The van der Waals surface area contributed by atoms with Crippen molar-refractivity contribution in [3.8, 4) is 5.75 Å². The predicted octanol–water partition coefficient (Wildman–Crippen LogP) is 2.52. The molecule has 5 heteroatoms. The summed E-state index contributed by atoms with van der Waals surface area (Å²) in [6.45, 7) is 0.748. The molecule has 0 unspecified atom stereocenters. The van der Waals surface area contributed by atoms with E-state index in [0.29, 0.717) is 5.88 Å². The maximum absolute atomic E-state index is 9.50. The lowest BCUT2D eigenvalue weighted by atomic mass is 10.1. The molecule has 1 aromatic carbocycles. The number of phenolic OH excluding ortho intramolecular Hbond substituents is 1. The summed E-state index contributed by atoms with van der Waals surface area (Å²) in [5.74, 6) is 0.948. The van der Waals surface area contributed by atoms with Crippen LogP contribution in [0.15, 0.2) is 41.2 Å². The number of benzene rings is 1. The molecular formula is C13H13N3O2. The van der Waals surface area contributed by atoms with Crippen LogP contribution in [0.25, 0.3) is 10.9 Å². The molecule has 0 aliphatic heterocycles. The Kier molecular flexibility index (Phi) is 2.64. The maximum Gasteiger partial charge on any atom is 0.224 e. The molecule has 3 rings (SSSR count). The molecule has 0 radical (unpaired) electrons. The molecule has 5 nitrogen and oxygen atoms in total. The topological polar surface area (TPSA) is 74.1 Å². The van der Waals surface area contributed by atoms with Crippen LogP contribution in [0, 0.1) is 0 Å². The summed E-state index contributed by atoms with van der Waals surface area (Å²) >= 11 is 0. The van der Waals surface area contributed by atoms with Crippen LogP contribution in [0.2, 0.25) is 0 Å². The smallest absolute Gasteiger partial charge is 0.224 e. The number of aromatic nitrogens is 2. The number of rotatable bonds is 4. The summed E-state index contributed by atoms with van der Waals surface area (Å²) in [7, 11) is 0. The lowest BCUT2D eigenvalue weighted by Gasteiger charge is -2.01. The molecule has 18 heavy (non-hydrogen) atoms. The minimum atomic E-state index is 0.284. The number of aromatic amines is 1. The van der Waals surface area contributed by atoms with Gasteiger partial charge in [-0.15, -0.1) is 0 Å². The summed E-state index contributed by atoms with van der Waals surface area (Å²) in [6.07, 6.45) is 4.41. The molecule has 3 aromatic rings. The maximum atomic E-state index is 9.50. The van der Waals surface area contributed by atoms with Crippen molar-refractivity contribution < 1.29 is 9.63 Å². The molecule has 0 spiro atoms. The van der Waals surface area contributed by atoms with Gasteiger partial charge in [-0.3, -0.25) is 0 Å². The molecule has 3 N–H and O–H groups in total. The van der Waals surface area contributed by atoms with E-state index in [9.17, 15) is 5.11 Å². The van der Waals surface area contributed by atoms with Gasteiger partial charge in [0.15, 0.2) is 0 Å². The van der Waals surface area contributed by atoms with Crippen LogP contribution in [0.5, 0.6) is 5.75 Å². The Hall–Kier alpha value is -2.43. The molecule has 2 heterocycles. The number of aromatic hydroxyl groups is 1. The molecule has 0 saturated carbocycles. The zero-order valence-corrected chi connectivity index (χ0v) is 9.68. The fraction of sp³-hybridized carbons (Fsp3) is 0.154. The zero-order chi connectivity index (χ0) is 12.4. The highest BCUT2D eigenvalue weighted by Gasteiger charge is 2.04. The second kappa shape index (κ2) is 4.44. The standard InChI is InChI=1S/C13H13N3O2/c17-10-1-2-12-11(7-10)9(8-15-12)3-5-14-13-4-6-16-18-13/h1-2,4,6-8,14-15,17H,3,5H2. The Morgan fingerprint density at radius 2 is 2.28 bits per heavy atom. The SMILES string of the molecule is Oc1ccc2[nH]cc(CCNc3ccno3)c2c1. The van der Waals surface area contributed by atoms with E-state index in [1.807, 2.05) is 12.3 Å². The van der Waals surface area contributed by atoms with E-state index in [4.69, 9.17) is 4.52 Å². The number of fused-ring (bicyclic) bond motifs is 1. The molecule has 0 bridgehead atoms. The van der Waals surface area contributed by atoms with Crippen LogP contribution in [0.1, 0.15) is 5.56 Å². The van der Waals surface area contributed by atoms with Gasteiger partial charge in [0.2, 0.25) is 5.88 Å². The third kappa shape index (κ3) is 2.02. The zero-order valence-electron chi connectivity index (χ0n) is 9.68. The van der Waals surface area contributed by atoms with Crippen molar-refractivity contribution in [2.45, 2.75) is 6.42 Å². The number of phenols is 1. The number of hydrogen-bond donors (Lipinski definition) is 3. The van der Waals surface area contributed by atoms with Crippen LogP contribution in [-0.2, 0) is 6.42 Å². The van der Waals surface area contributed by atoms with Gasteiger partial charge in [0.25, 0.3) is 0 Å². The first kappa shape index (κ1) is 10.7. The highest BCUT2D eigenvalue weighted by Crippen LogP contribution is 2.23. The summed E-state index contributed by atoms with van der Waals surface area (Å²) in [4.78, 5) is 3.18. The minimum Gasteiger partial charge on any atom is -0.508 e. The Morgan fingerprint density at radius 3 is 3.11 bits per heavy atom. The predicted molar refractivity (Wildman–Crippen MR) is 68.7 cm³/mol. The lowest BCUT2D eigenvalue weighted by molar-refractivity contribution is 0.432. The summed E-state index contributed by atoms with van der Waals surface area (Å²) in [5, 5.41) is 17.3. The van der Waals surface area contributed by atoms with Gasteiger partial charge in [0.1, 0.15) is 5.75 Å². The quantitative estimate of drug-likeness (QED) is 0.658. The molecule has 0 aliphatic rings. The van der Waals surface area contributed by atoms with Crippen molar-refractivity contribution in [3.05, 3.63) is 42.2 Å². The van der Waals surface area contributed by atoms with Crippen molar-refractivity contribution in [3.63, 3.8) is 0 Å². The Bertz CT molecular complexity index is 643. The number of nitrogens with zero attached hydrogens (tertiary/aromatic N) is 1. The third-order valence-electron chi connectivity index (χ3n) is 2.88. The average Bonchev–Trinajstić information content (AvgIpc) is 2.99. The molecule has 2 aromatic heterocycles. The van der Waals surface area contributed by atoms with Gasteiger partial charge in [-0.1, -0.05) is 5.16 Å². The first-order valence-corrected chi connectivity index (χ1v) is 5.76. The lowest BCUT2D eigenvalue weighted by Crippen LogP contribution is -2.03. The monoisotopic (exact) mass is 243 g/mol. The van der Waals surface area contributed by atoms with Crippen LogP contribution < -0.4 is 5.32 Å². The Labute approximate surface area is 103 Å². The molecule has 0 aliphatic carbocycles. The average molecular weight is 243 g/mol.